The molecule has 0 aromatic rings. The van der Waals surface area contributed by atoms with E-state index in [0.717, 1.165) is 31.6 Å². The van der Waals surface area contributed by atoms with Gasteiger partial charge in [0.05, 0.1) is 6.61 Å². The highest BCUT2D eigenvalue weighted by molar-refractivity contribution is 5.74. The van der Waals surface area contributed by atoms with Gasteiger partial charge >= 0.3 is 5.97 Å². The highest BCUT2D eigenvalue weighted by Crippen LogP contribution is 2.31. The minimum atomic E-state index is -0.907. The molecule has 1 N–H and O–H groups in total. The maximum atomic E-state index is 11.4. The Morgan fingerprint density at radius 3 is 2.69 bits per heavy atom. The van der Waals surface area contributed by atoms with Crippen LogP contribution in [0.2, 0.25) is 0 Å². The number of ether oxygens (including phenoxy) is 1. The number of rotatable bonds is 4. The first-order valence-corrected chi connectivity index (χ1v) is 6.53. The van der Waals surface area contributed by atoms with E-state index < -0.39 is 12.1 Å². The number of carbonyl (C=O) groups is 1. The minimum absolute atomic E-state index is 0.107. The molecule has 94 valence electrons. The van der Waals surface area contributed by atoms with Crippen molar-refractivity contribution in [3.63, 3.8) is 0 Å². The van der Waals surface area contributed by atoms with Gasteiger partial charge in [0.25, 0.3) is 0 Å². The normalized spacial score (nSPS) is 28.2. The summed E-state index contributed by atoms with van der Waals surface area (Å²) >= 11 is 0. The molecule has 1 saturated carbocycles. The monoisotopic (exact) mass is 228 g/mol. The van der Waals surface area contributed by atoms with Crippen molar-refractivity contribution in [2.24, 2.45) is 11.8 Å². The van der Waals surface area contributed by atoms with E-state index in [-0.39, 0.29) is 5.92 Å². The second-order valence-corrected chi connectivity index (χ2v) is 4.74. The molecule has 0 saturated heterocycles. The van der Waals surface area contributed by atoms with Crippen molar-refractivity contribution in [2.45, 2.75) is 58.5 Å². The molecule has 0 bridgehead atoms. The Morgan fingerprint density at radius 1 is 1.31 bits per heavy atom. The van der Waals surface area contributed by atoms with Gasteiger partial charge in [-0.05, 0) is 31.6 Å². The van der Waals surface area contributed by atoms with Gasteiger partial charge < -0.3 is 9.84 Å². The third-order valence-electron chi connectivity index (χ3n) is 3.68. The van der Waals surface area contributed by atoms with E-state index in [1.807, 2.05) is 0 Å². The average Bonchev–Trinajstić information content (AvgIpc) is 2.53. The third-order valence-corrected chi connectivity index (χ3v) is 3.68. The van der Waals surface area contributed by atoms with Gasteiger partial charge in [0, 0.05) is 0 Å². The number of aliphatic hydroxyl groups is 1. The van der Waals surface area contributed by atoms with E-state index in [1.54, 1.807) is 6.92 Å². The average molecular weight is 228 g/mol. The standard InChI is InChI=1S/C13H24O3/c1-3-10-6-5-7-11(9-8-10)12(14)13(15)16-4-2/h10-12,14H,3-9H2,1-2H3. The van der Waals surface area contributed by atoms with Crippen molar-refractivity contribution < 1.29 is 14.6 Å². The summed E-state index contributed by atoms with van der Waals surface area (Å²) in [6.45, 7) is 4.33. The molecule has 3 nitrogen and oxygen atoms in total. The van der Waals surface area contributed by atoms with Crippen molar-refractivity contribution in [3.05, 3.63) is 0 Å². The summed E-state index contributed by atoms with van der Waals surface area (Å²) in [5.41, 5.74) is 0. The Bertz CT molecular complexity index is 215. The molecule has 0 amide bonds. The van der Waals surface area contributed by atoms with Gasteiger partial charge in [-0.2, -0.15) is 0 Å². The van der Waals surface area contributed by atoms with Crippen molar-refractivity contribution in [2.75, 3.05) is 6.61 Å². The van der Waals surface area contributed by atoms with Crippen molar-refractivity contribution in [3.8, 4) is 0 Å². The third kappa shape index (κ3) is 3.78. The van der Waals surface area contributed by atoms with Crippen LogP contribution in [0.3, 0.4) is 0 Å². The summed E-state index contributed by atoms with van der Waals surface area (Å²) in [4.78, 5) is 11.4. The van der Waals surface area contributed by atoms with E-state index in [0.29, 0.717) is 6.61 Å². The van der Waals surface area contributed by atoms with Gasteiger partial charge in [0.15, 0.2) is 6.10 Å². The maximum absolute atomic E-state index is 11.4. The fourth-order valence-corrected chi connectivity index (χ4v) is 2.55. The zero-order chi connectivity index (χ0) is 12.0. The fourth-order valence-electron chi connectivity index (χ4n) is 2.55. The Balaban J connectivity index is 2.44. The number of carbonyl (C=O) groups excluding carboxylic acids is 1. The fraction of sp³-hybridized carbons (Fsp3) is 0.923. The summed E-state index contributed by atoms with van der Waals surface area (Å²) in [5, 5.41) is 9.88. The molecule has 16 heavy (non-hydrogen) atoms. The lowest BCUT2D eigenvalue weighted by Crippen LogP contribution is -2.31. The van der Waals surface area contributed by atoms with Crippen LogP contribution in [0, 0.1) is 11.8 Å². The molecular formula is C13H24O3. The highest BCUT2D eigenvalue weighted by atomic mass is 16.5. The molecule has 3 unspecified atom stereocenters. The molecule has 1 fully saturated rings. The van der Waals surface area contributed by atoms with Crippen LogP contribution in [-0.2, 0) is 9.53 Å². The van der Waals surface area contributed by atoms with Crippen LogP contribution in [0.1, 0.15) is 52.4 Å². The molecule has 0 aromatic carbocycles. The molecular weight excluding hydrogens is 204 g/mol. The number of hydrogen-bond donors (Lipinski definition) is 1. The lowest BCUT2D eigenvalue weighted by Gasteiger charge is -2.19. The van der Waals surface area contributed by atoms with Gasteiger partial charge in [-0.1, -0.05) is 32.6 Å². The minimum Gasteiger partial charge on any atom is -0.464 e. The lowest BCUT2D eigenvalue weighted by atomic mass is 9.92. The zero-order valence-corrected chi connectivity index (χ0v) is 10.4. The van der Waals surface area contributed by atoms with Gasteiger partial charge in [-0.3, -0.25) is 0 Å². The van der Waals surface area contributed by atoms with E-state index >= 15 is 0 Å². The smallest absolute Gasteiger partial charge is 0.335 e. The van der Waals surface area contributed by atoms with Crippen molar-refractivity contribution >= 4 is 5.97 Å². The molecule has 3 heteroatoms. The Morgan fingerprint density at radius 2 is 2.06 bits per heavy atom. The molecule has 1 rings (SSSR count). The van der Waals surface area contributed by atoms with Crippen molar-refractivity contribution in [1.82, 2.24) is 0 Å². The van der Waals surface area contributed by atoms with Crippen LogP contribution < -0.4 is 0 Å². The molecule has 3 atom stereocenters. The Kier molecular flexibility index (Phi) is 5.81. The van der Waals surface area contributed by atoms with Crippen LogP contribution in [-0.4, -0.2) is 23.8 Å². The van der Waals surface area contributed by atoms with E-state index in [9.17, 15) is 9.90 Å². The second kappa shape index (κ2) is 6.89. The van der Waals surface area contributed by atoms with Crippen molar-refractivity contribution in [1.29, 1.82) is 0 Å². The van der Waals surface area contributed by atoms with E-state index in [1.165, 1.54) is 12.8 Å². The molecule has 0 aliphatic heterocycles. The quantitative estimate of drug-likeness (QED) is 0.594. The van der Waals surface area contributed by atoms with Crippen LogP contribution in [0.25, 0.3) is 0 Å². The predicted molar refractivity (Wildman–Crippen MR) is 63.0 cm³/mol. The van der Waals surface area contributed by atoms with Gasteiger partial charge in [-0.25, -0.2) is 4.79 Å². The molecule has 1 aliphatic carbocycles. The first-order chi connectivity index (χ1) is 7.69. The van der Waals surface area contributed by atoms with Gasteiger partial charge in [0.1, 0.15) is 0 Å². The van der Waals surface area contributed by atoms with Crippen LogP contribution in [0.5, 0.6) is 0 Å². The Hall–Kier alpha value is -0.570. The molecule has 1 aliphatic rings. The Labute approximate surface area is 98.2 Å². The largest absolute Gasteiger partial charge is 0.464 e. The topological polar surface area (TPSA) is 46.5 Å². The second-order valence-electron chi connectivity index (χ2n) is 4.74. The summed E-state index contributed by atoms with van der Waals surface area (Å²) in [6, 6.07) is 0. The first-order valence-electron chi connectivity index (χ1n) is 6.53. The van der Waals surface area contributed by atoms with Crippen LogP contribution in [0.4, 0.5) is 0 Å². The first kappa shape index (κ1) is 13.5. The number of aliphatic hydroxyl groups excluding tert-OH is 1. The van der Waals surface area contributed by atoms with Crippen LogP contribution >= 0.6 is 0 Å². The van der Waals surface area contributed by atoms with Gasteiger partial charge in [-0.15, -0.1) is 0 Å². The highest BCUT2D eigenvalue weighted by Gasteiger charge is 2.29. The molecule has 0 spiro atoms. The zero-order valence-electron chi connectivity index (χ0n) is 10.4. The molecule has 0 radical (unpaired) electrons. The number of hydrogen-bond acceptors (Lipinski definition) is 3. The molecule has 0 aromatic heterocycles. The predicted octanol–water partition coefficient (Wildman–Crippen LogP) is 2.52. The SMILES string of the molecule is CCOC(=O)C(O)C1CCCC(CC)CC1. The lowest BCUT2D eigenvalue weighted by molar-refractivity contribution is -0.156. The van der Waals surface area contributed by atoms with Crippen LogP contribution in [0.15, 0.2) is 0 Å². The summed E-state index contributed by atoms with van der Waals surface area (Å²) < 4.78 is 4.86. The number of esters is 1. The van der Waals surface area contributed by atoms with Gasteiger partial charge in [0.2, 0.25) is 0 Å². The van der Waals surface area contributed by atoms with E-state index in [4.69, 9.17) is 4.74 Å². The molecule has 0 heterocycles. The summed E-state index contributed by atoms with van der Waals surface area (Å²) in [5.74, 6) is 0.442. The van der Waals surface area contributed by atoms with E-state index in [2.05, 4.69) is 6.92 Å². The summed E-state index contributed by atoms with van der Waals surface area (Å²) in [6.07, 6.45) is 5.72. The summed E-state index contributed by atoms with van der Waals surface area (Å²) in [7, 11) is 0. The maximum Gasteiger partial charge on any atom is 0.335 e.